The molecule has 9 nitrogen and oxygen atoms in total. The number of benzene rings is 1. The topological polar surface area (TPSA) is 126 Å². The Bertz CT molecular complexity index is 877. The van der Waals surface area contributed by atoms with Crippen LogP contribution in [0.3, 0.4) is 0 Å². The highest BCUT2D eigenvalue weighted by molar-refractivity contribution is 5.83. The second-order valence-corrected chi connectivity index (χ2v) is 4.55. The van der Waals surface area contributed by atoms with Crippen LogP contribution in [0.1, 0.15) is 5.56 Å². The molecule has 0 saturated heterocycles. The van der Waals surface area contributed by atoms with Gasteiger partial charge < -0.3 is 5.73 Å². The Balaban J connectivity index is 2.45. The molecule has 0 aliphatic heterocycles. The van der Waals surface area contributed by atoms with Gasteiger partial charge in [-0.2, -0.15) is 0 Å². The van der Waals surface area contributed by atoms with Crippen LogP contribution in [0.4, 0.5) is 17.2 Å². The average Bonchev–Trinajstić information content (AvgIpc) is 2.51. The van der Waals surface area contributed by atoms with Crippen LogP contribution in [0.5, 0.6) is 0 Å². The lowest BCUT2D eigenvalue weighted by molar-refractivity contribution is -0.384. The zero-order valence-corrected chi connectivity index (χ0v) is 11.9. The summed E-state index contributed by atoms with van der Waals surface area (Å²) in [6.07, 6.45) is 1.35. The third-order valence-corrected chi connectivity index (χ3v) is 3.13. The zero-order valence-electron chi connectivity index (χ0n) is 11.9. The summed E-state index contributed by atoms with van der Waals surface area (Å²) in [5, 5.41) is 10.6. The summed E-state index contributed by atoms with van der Waals surface area (Å²) in [4.78, 5) is 37.7. The van der Waals surface area contributed by atoms with Gasteiger partial charge in [0.15, 0.2) is 5.69 Å². The molecule has 2 rings (SSSR count). The number of anilines is 1. The highest BCUT2D eigenvalue weighted by atomic mass is 16.6. The quantitative estimate of drug-likeness (QED) is 0.496. The molecule has 0 unspecified atom stereocenters. The molecule has 2 N–H and O–H groups in total. The molecule has 2 aromatic rings. The maximum absolute atomic E-state index is 12.0. The van der Waals surface area contributed by atoms with Crippen LogP contribution in [0, 0.1) is 10.1 Å². The molecule has 9 heteroatoms. The van der Waals surface area contributed by atoms with Crippen molar-refractivity contribution in [3.8, 4) is 0 Å². The molecule has 0 amide bonds. The van der Waals surface area contributed by atoms with Crippen LogP contribution >= 0.6 is 0 Å². The van der Waals surface area contributed by atoms with E-state index in [9.17, 15) is 19.7 Å². The molecule has 1 aromatic carbocycles. The summed E-state index contributed by atoms with van der Waals surface area (Å²) < 4.78 is 2.02. The van der Waals surface area contributed by atoms with Gasteiger partial charge in [0, 0.05) is 32.4 Å². The van der Waals surface area contributed by atoms with E-state index in [-0.39, 0.29) is 17.2 Å². The van der Waals surface area contributed by atoms with Crippen LogP contribution in [-0.4, -0.2) is 20.3 Å². The van der Waals surface area contributed by atoms with Crippen molar-refractivity contribution in [2.24, 2.45) is 19.1 Å². The number of aliphatic imine (C=N–C) groups is 1. The van der Waals surface area contributed by atoms with Gasteiger partial charge in [-0.25, -0.2) is 9.79 Å². The molecule has 0 atom stereocenters. The highest BCUT2D eigenvalue weighted by Crippen LogP contribution is 2.15. The van der Waals surface area contributed by atoms with E-state index in [1.54, 1.807) is 0 Å². The van der Waals surface area contributed by atoms with E-state index < -0.39 is 16.2 Å². The fourth-order valence-corrected chi connectivity index (χ4v) is 1.78. The van der Waals surface area contributed by atoms with Crippen LogP contribution in [-0.2, 0) is 14.1 Å². The summed E-state index contributed by atoms with van der Waals surface area (Å²) >= 11 is 0. The summed E-state index contributed by atoms with van der Waals surface area (Å²) in [5.41, 5.74) is 5.01. The number of nitro groups is 1. The largest absolute Gasteiger partial charge is 0.383 e. The first-order chi connectivity index (χ1) is 10.3. The number of hydrogen-bond donors (Lipinski definition) is 1. The third-order valence-electron chi connectivity index (χ3n) is 3.13. The molecule has 1 heterocycles. The molecule has 22 heavy (non-hydrogen) atoms. The van der Waals surface area contributed by atoms with Crippen LogP contribution < -0.4 is 17.0 Å². The molecule has 0 aliphatic rings. The van der Waals surface area contributed by atoms with E-state index in [1.807, 2.05) is 0 Å². The van der Waals surface area contributed by atoms with Crippen molar-refractivity contribution in [3.63, 3.8) is 0 Å². The number of nitrogens with two attached hydrogens (primary N) is 1. The number of nitro benzene ring substituents is 1. The van der Waals surface area contributed by atoms with Crippen molar-refractivity contribution in [2.75, 3.05) is 5.73 Å². The number of aromatic nitrogens is 2. The number of nitrogens with zero attached hydrogens (tertiary/aromatic N) is 4. The van der Waals surface area contributed by atoms with Gasteiger partial charge in [-0.1, -0.05) is 0 Å². The Hall–Kier alpha value is -3.23. The van der Waals surface area contributed by atoms with Gasteiger partial charge in [-0.05, 0) is 17.7 Å². The Morgan fingerprint density at radius 2 is 1.77 bits per heavy atom. The predicted molar refractivity (Wildman–Crippen MR) is 81.7 cm³/mol. The van der Waals surface area contributed by atoms with Crippen LogP contribution in [0.25, 0.3) is 0 Å². The second kappa shape index (κ2) is 5.64. The molecule has 0 fully saturated rings. The first-order valence-corrected chi connectivity index (χ1v) is 6.17. The van der Waals surface area contributed by atoms with Gasteiger partial charge >= 0.3 is 5.69 Å². The molecule has 0 aliphatic carbocycles. The molecular formula is C13H13N5O4. The second-order valence-electron chi connectivity index (χ2n) is 4.55. The smallest absolute Gasteiger partial charge is 0.332 e. The Morgan fingerprint density at radius 3 is 2.32 bits per heavy atom. The molecule has 0 saturated carbocycles. The van der Waals surface area contributed by atoms with Crippen LogP contribution in [0.15, 0.2) is 38.8 Å². The van der Waals surface area contributed by atoms with E-state index in [4.69, 9.17) is 5.73 Å². The van der Waals surface area contributed by atoms with Gasteiger partial charge in [0.25, 0.3) is 11.2 Å². The van der Waals surface area contributed by atoms with E-state index in [2.05, 4.69) is 4.99 Å². The van der Waals surface area contributed by atoms with Gasteiger partial charge in [-0.3, -0.25) is 24.0 Å². The van der Waals surface area contributed by atoms with Crippen molar-refractivity contribution in [1.29, 1.82) is 0 Å². The van der Waals surface area contributed by atoms with Gasteiger partial charge in [0.05, 0.1) is 4.92 Å². The summed E-state index contributed by atoms with van der Waals surface area (Å²) in [6, 6.07) is 5.63. The minimum absolute atomic E-state index is 0.0466. The monoisotopic (exact) mass is 303 g/mol. The molecule has 0 spiro atoms. The molecule has 0 radical (unpaired) electrons. The molecular weight excluding hydrogens is 290 g/mol. The predicted octanol–water partition coefficient (Wildman–Crippen LogP) is 0.325. The lowest BCUT2D eigenvalue weighted by atomic mass is 10.2. The molecule has 114 valence electrons. The standard InChI is InChI=1S/C13H13N5O4/c1-16-11(14)10(12(19)17(2)13(16)20)15-7-8-3-5-9(6-4-8)18(21)22/h3-7H,14H2,1-2H3. The highest BCUT2D eigenvalue weighted by Gasteiger charge is 2.11. The third kappa shape index (κ3) is 2.64. The van der Waals surface area contributed by atoms with Crippen molar-refractivity contribution in [2.45, 2.75) is 0 Å². The minimum atomic E-state index is -0.612. The van der Waals surface area contributed by atoms with Gasteiger partial charge in [-0.15, -0.1) is 0 Å². The maximum atomic E-state index is 12.0. The van der Waals surface area contributed by atoms with Crippen molar-refractivity contribution >= 4 is 23.4 Å². The number of nitrogen functional groups attached to an aromatic ring is 1. The fraction of sp³-hybridized carbons (Fsp3) is 0.154. The zero-order chi connectivity index (χ0) is 16.4. The fourth-order valence-electron chi connectivity index (χ4n) is 1.78. The van der Waals surface area contributed by atoms with Crippen LogP contribution in [0.2, 0.25) is 0 Å². The van der Waals surface area contributed by atoms with E-state index in [0.29, 0.717) is 5.56 Å². The Labute approximate surface area is 124 Å². The first kappa shape index (κ1) is 15.2. The van der Waals surface area contributed by atoms with Gasteiger partial charge in [0.1, 0.15) is 5.82 Å². The maximum Gasteiger partial charge on any atom is 0.332 e. The molecule has 1 aromatic heterocycles. The lowest BCUT2D eigenvalue weighted by Gasteiger charge is -2.07. The minimum Gasteiger partial charge on any atom is -0.383 e. The Kier molecular flexibility index (Phi) is 3.89. The van der Waals surface area contributed by atoms with E-state index >= 15 is 0 Å². The lowest BCUT2D eigenvalue weighted by Crippen LogP contribution is -2.37. The number of non-ortho nitro benzene ring substituents is 1. The van der Waals surface area contributed by atoms with E-state index in [0.717, 1.165) is 9.13 Å². The summed E-state index contributed by atoms with van der Waals surface area (Å²) in [5.74, 6) is -0.0498. The SMILES string of the molecule is Cn1c(N)c(N=Cc2ccc([N+](=O)[O-])cc2)c(=O)n(C)c1=O. The summed E-state index contributed by atoms with van der Waals surface area (Å²) in [7, 11) is 2.76. The number of rotatable bonds is 3. The normalized spacial score (nSPS) is 11.0. The average molecular weight is 303 g/mol. The molecule has 0 bridgehead atoms. The first-order valence-electron chi connectivity index (χ1n) is 6.17. The van der Waals surface area contributed by atoms with Crippen molar-refractivity contribution in [1.82, 2.24) is 9.13 Å². The summed E-state index contributed by atoms with van der Waals surface area (Å²) in [6.45, 7) is 0. The van der Waals surface area contributed by atoms with Crippen molar-refractivity contribution in [3.05, 3.63) is 60.8 Å². The van der Waals surface area contributed by atoms with Gasteiger partial charge in [0.2, 0.25) is 0 Å². The van der Waals surface area contributed by atoms with Crippen molar-refractivity contribution < 1.29 is 4.92 Å². The van der Waals surface area contributed by atoms with E-state index in [1.165, 1.54) is 44.6 Å². The number of hydrogen-bond acceptors (Lipinski definition) is 6. The Morgan fingerprint density at radius 1 is 1.18 bits per heavy atom.